The molecule has 14 heteroatoms. The molecule has 2 rings (SSSR count). The number of hydrogen-bond donors (Lipinski definition) is 3. The quantitative estimate of drug-likeness (QED) is 0.150. The molecule has 2 aromatic rings. The Labute approximate surface area is 218 Å². The molecule has 0 heterocycles. The van der Waals surface area contributed by atoms with Crippen molar-refractivity contribution in [2.45, 2.75) is 20.8 Å². The van der Waals surface area contributed by atoms with E-state index in [-0.39, 0.29) is 67.8 Å². The highest BCUT2D eigenvalue weighted by molar-refractivity contribution is 5.94. The van der Waals surface area contributed by atoms with Crippen molar-refractivity contribution in [3.63, 3.8) is 0 Å². The second-order valence-corrected chi connectivity index (χ2v) is 7.57. The maximum atomic E-state index is 12.1. The normalized spacial score (nSPS) is 10.6. The number of esters is 1. The SMILES string of the molecule is CCOC(=O)c1cc(C#N)c(N=Nc2cc(OCC)c(N(CCO)CCO)cc2NC(C)=O)c([N+](=O)[O-])c1. The van der Waals surface area contributed by atoms with Crippen LogP contribution in [0.4, 0.5) is 28.4 Å². The van der Waals surface area contributed by atoms with Gasteiger partial charge >= 0.3 is 5.97 Å². The number of nitriles is 1. The van der Waals surface area contributed by atoms with Crippen molar-refractivity contribution in [3.8, 4) is 11.8 Å². The number of benzene rings is 2. The van der Waals surface area contributed by atoms with Crippen LogP contribution in [0.3, 0.4) is 0 Å². The number of hydrogen-bond acceptors (Lipinski definition) is 12. The van der Waals surface area contributed by atoms with E-state index in [0.717, 1.165) is 12.1 Å². The summed E-state index contributed by atoms with van der Waals surface area (Å²) < 4.78 is 10.6. The molecule has 0 radical (unpaired) electrons. The molecule has 0 aliphatic heterocycles. The number of nitrogens with zero attached hydrogens (tertiary/aromatic N) is 5. The lowest BCUT2D eigenvalue weighted by molar-refractivity contribution is -0.384. The second-order valence-electron chi connectivity index (χ2n) is 7.57. The number of carbonyl (C=O) groups excluding carboxylic acids is 2. The van der Waals surface area contributed by atoms with Crippen molar-refractivity contribution in [2.75, 3.05) is 49.7 Å². The van der Waals surface area contributed by atoms with E-state index in [4.69, 9.17) is 9.47 Å². The van der Waals surface area contributed by atoms with Crippen LogP contribution >= 0.6 is 0 Å². The van der Waals surface area contributed by atoms with Crippen LogP contribution in [0.25, 0.3) is 0 Å². The lowest BCUT2D eigenvalue weighted by Crippen LogP contribution is -2.30. The van der Waals surface area contributed by atoms with Gasteiger partial charge in [0, 0.05) is 32.1 Å². The lowest BCUT2D eigenvalue weighted by Gasteiger charge is -2.26. The van der Waals surface area contributed by atoms with Gasteiger partial charge in [0.2, 0.25) is 5.91 Å². The summed E-state index contributed by atoms with van der Waals surface area (Å²) in [6, 6.07) is 6.78. The number of ether oxygens (including phenoxy) is 2. The molecule has 0 saturated carbocycles. The molecule has 0 aliphatic rings. The van der Waals surface area contributed by atoms with Crippen LogP contribution in [-0.2, 0) is 9.53 Å². The largest absolute Gasteiger partial charge is 0.492 e. The average Bonchev–Trinajstić information content (AvgIpc) is 2.87. The number of rotatable bonds is 13. The van der Waals surface area contributed by atoms with E-state index >= 15 is 0 Å². The van der Waals surface area contributed by atoms with Crippen LogP contribution in [0.5, 0.6) is 5.75 Å². The van der Waals surface area contributed by atoms with Gasteiger partial charge in [-0.2, -0.15) is 5.26 Å². The number of nitro benzene ring substituents is 1. The van der Waals surface area contributed by atoms with E-state index in [2.05, 4.69) is 15.5 Å². The van der Waals surface area contributed by atoms with Gasteiger partial charge in [-0.25, -0.2) is 4.79 Å². The molecule has 0 atom stereocenters. The minimum Gasteiger partial charge on any atom is -0.492 e. The molecule has 0 unspecified atom stereocenters. The van der Waals surface area contributed by atoms with Crippen molar-refractivity contribution < 1.29 is 34.2 Å². The first-order valence-corrected chi connectivity index (χ1v) is 11.6. The fourth-order valence-electron chi connectivity index (χ4n) is 3.43. The Morgan fingerprint density at radius 3 is 2.34 bits per heavy atom. The van der Waals surface area contributed by atoms with Gasteiger partial charge in [-0.15, -0.1) is 10.2 Å². The van der Waals surface area contributed by atoms with Gasteiger partial charge in [-0.1, -0.05) is 0 Å². The predicted molar refractivity (Wildman–Crippen MR) is 136 cm³/mol. The number of nitrogens with one attached hydrogen (secondary N) is 1. The number of aliphatic hydroxyl groups is 2. The van der Waals surface area contributed by atoms with Crippen LogP contribution in [0.1, 0.15) is 36.7 Å². The first-order valence-electron chi connectivity index (χ1n) is 11.6. The summed E-state index contributed by atoms with van der Waals surface area (Å²) >= 11 is 0. The number of nitro groups is 1. The molecule has 202 valence electrons. The molecule has 0 fully saturated rings. The van der Waals surface area contributed by atoms with Gasteiger partial charge < -0.3 is 29.9 Å². The van der Waals surface area contributed by atoms with Gasteiger partial charge in [0.25, 0.3) is 5.69 Å². The van der Waals surface area contributed by atoms with Crippen molar-refractivity contribution >= 4 is 40.3 Å². The Morgan fingerprint density at radius 2 is 1.82 bits per heavy atom. The summed E-state index contributed by atoms with van der Waals surface area (Å²) in [4.78, 5) is 36.6. The summed E-state index contributed by atoms with van der Waals surface area (Å²) in [5.41, 5.74) is -0.869. The van der Waals surface area contributed by atoms with Gasteiger partial charge in [-0.3, -0.25) is 14.9 Å². The van der Waals surface area contributed by atoms with Crippen LogP contribution in [0, 0.1) is 21.4 Å². The lowest BCUT2D eigenvalue weighted by atomic mass is 10.1. The molecule has 0 saturated heterocycles. The van der Waals surface area contributed by atoms with Gasteiger partial charge in [0.05, 0.1) is 53.9 Å². The number of amides is 1. The monoisotopic (exact) mass is 528 g/mol. The van der Waals surface area contributed by atoms with Crippen molar-refractivity contribution in [2.24, 2.45) is 10.2 Å². The molecule has 1 amide bonds. The third-order valence-electron chi connectivity index (χ3n) is 4.94. The third-order valence-corrected chi connectivity index (χ3v) is 4.94. The van der Waals surface area contributed by atoms with E-state index in [0.29, 0.717) is 5.69 Å². The van der Waals surface area contributed by atoms with E-state index in [1.165, 1.54) is 19.1 Å². The fraction of sp³-hybridized carbons (Fsp3) is 0.375. The number of anilines is 2. The van der Waals surface area contributed by atoms with Crippen LogP contribution in [-0.4, -0.2) is 66.5 Å². The van der Waals surface area contributed by atoms with Crippen LogP contribution in [0.15, 0.2) is 34.5 Å². The maximum Gasteiger partial charge on any atom is 0.338 e. The highest BCUT2D eigenvalue weighted by Crippen LogP contribution is 2.41. The van der Waals surface area contributed by atoms with E-state index in [9.17, 15) is 35.2 Å². The summed E-state index contributed by atoms with van der Waals surface area (Å²) in [6.07, 6.45) is 0. The third kappa shape index (κ3) is 7.45. The zero-order valence-electron chi connectivity index (χ0n) is 21.1. The zero-order chi connectivity index (χ0) is 28.2. The number of carbonyl (C=O) groups is 2. The van der Waals surface area contributed by atoms with E-state index < -0.39 is 28.2 Å². The molecule has 0 spiro atoms. The molecule has 2 aromatic carbocycles. The van der Waals surface area contributed by atoms with Crippen molar-refractivity contribution in [1.29, 1.82) is 5.26 Å². The molecule has 14 nitrogen and oxygen atoms in total. The van der Waals surface area contributed by atoms with Gasteiger partial charge in [0.15, 0.2) is 5.69 Å². The first kappa shape index (κ1) is 29.6. The topological polar surface area (TPSA) is 200 Å². The molecule has 0 aliphatic carbocycles. The summed E-state index contributed by atoms with van der Waals surface area (Å²) in [6.45, 7) is 4.74. The highest BCUT2D eigenvalue weighted by atomic mass is 16.6. The van der Waals surface area contributed by atoms with Crippen LogP contribution < -0.4 is 15.0 Å². The van der Waals surface area contributed by atoms with Crippen molar-refractivity contribution in [3.05, 3.63) is 45.5 Å². The van der Waals surface area contributed by atoms with Gasteiger partial charge in [-0.05, 0) is 26.0 Å². The number of azo groups is 1. The highest BCUT2D eigenvalue weighted by Gasteiger charge is 2.24. The molecule has 0 aromatic heterocycles. The molecular weight excluding hydrogens is 500 g/mol. The summed E-state index contributed by atoms with van der Waals surface area (Å²) in [7, 11) is 0. The van der Waals surface area contributed by atoms with Crippen molar-refractivity contribution in [1.82, 2.24) is 0 Å². The standard InChI is InChI=1S/C24H28N6O8/c1-4-37-22-13-19(18(26-15(3)33)12-20(22)29(6-8-31)7-9-32)27-28-23-17(14-25)10-16(24(34)38-5-2)11-21(23)30(35)36/h10-13,31-32H,4-9H2,1-3H3,(H,26,33). The van der Waals surface area contributed by atoms with E-state index in [1.54, 1.807) is 24.8 Å². The Kier molecular flexibility index (Phi) is 11.1. The molecule has 3 N–H and O–H groups in total. The average molecular weight is 529 g/mol. The molecular formula is C24H28N6O8. The fourth-order valence-corrected chi connectivity index (χ4v) is 3.43. The summed E-state index contributed by atoms with van der Waals surface area (Å²) in [5.74, 6) is -1.00. The Hall–Kier alpha value is -4.61. The Balaban J connectivity index is 2.73. The molecule has 0 bridgehead atoms. The second kappa shape index (κ2) is 14.2. The number of aliphatic hydroxyl groups excluding tert-OH is 2. The molecule has 38 heavy (non-hydrogen) atoms. The first-order chi connectivity index (χ1) is 18.2. The minimum absolute atomic E-state index is 0.0358. The summed E-state index contributed by atoms with van der Waals surface area (Å²) in [5, 5.41) is 50.9. The maximum absolute atomic E-state index is 12.1. The minimum atomic E-state index is -0.837. The van der Waals surface area contributed by atoms with Gasteiger partial charge in [0.1, 0.15) is 17.5 Å². The smallest absolute Gasteiger partial charge is 0.338 e. The predicted octanol–water partition coefficient (Wildman–Crippen LogP) is 3.21. The Bertz CT molecular complexity index is 1250. The Morgan fingerprint density at radius 1 is 1.13 bits per heavy atom. The van der Waals surface area contributed by atoms with Crippen LogP contribution in [0.2, 0.25) is 0 Å². The van der Waals surface area contributed by atoms with E-state index in [1.807, 2.05) is 0 Å². The zero-order valence-corrected chi connectivity index (χ0v) is 21.1.